The zero-order valence-corrected chi connectivity index (χ0v) is 22.1. The minimum Gasteiger partial charge on any atom is -1.00 e. The molecule has 0 saturated carbocycles. The molecule has 3 rings (SSSR count). The number of aliphatic hydroxyl groups excluding tert-OH is 2. The van der Waals surface area contributed by atoms with Gasteiger partial charge < -0.3 is 30.7 Å². The molecule has 0 spiro atoms. The van der Waals surface area contributed by atoms with E-state index in [0.717, 1.165) is 6.07 Å². The molecule has 33 heavy (non-hydrogen) atoms. The van der Waals surface area contributed by atoms with Crippen LogP contribution in [-0.2, 0) is 15.7 Å². The number of rotatable bonds is 8. The zero-order valence-electron chi connectivity index (χ0n) is 18.0. The van der Waals surface area contributed by atoms with Crippen molar-refractivity contribution in [3.63, 3.8) is 0 Å². The SMILES string of the molecule is O=c1cc(COP(=O)(O)O)n(-c2c(Cl)cccc2Cl)c2c(Cl)cnc(OCC(O)CO)c12.[H-].[Na+]. The van der Waals surface area contributed by atoms with Crippen LogP contribution in [0.25, 0.3) is 16.6 Å². The number of para-hydroxylation sites is 1. The summed E-state index contributed by atoms with van der Waals surface area (Å²) in [7, 11) is -4.89. The predicted molar refractivity (Wildman–Crippen MR) is 119 cm³/mol. The first-order valence-corrected chi connectivity index (χ1v) is 11.5. The number of aromatic nitrogens is 2. The summed E-state index contributed by atoms with van der Waals surface area (Å²) in [6, 6.07) is 5.67. The second-order valence-corrected chi connectivity index (χ2v) is 8.91. The van der Waals surface area contributed by atoms with E-state index in [0.29, 0.717) is 0 Å². The molecule has 2 aromatic heterocycles. The first-order valence-electron chi connectivity index (χ1n) is 8.82. The largest absolute Gasteiger partial charge is 1.00 e. The van der Waals surface area contributed by atoms with E-state index < -0.39 is 32.6 Å². The van der Waals surface area contributed by atoms with Crippen LogP contribution in [0.5, 0.6) is 5.88 Å². The van der Waals surface area contributed by atoms with Crippen LogP contribution in [0.15, 0.2) is 35.3 Å². The normalized spacial score (nSPS) is 12.5. The second kappa shape index (κ2) is 11.8. The Hall–Kier alpha value is -0.720. The van der Waals surface area contributed by atoms with Gasteiger partial charge in [0.1, 0.15) is 18.1 Å². The van der Waals surface area contributed by atoms with Crippen LogP contribution in [0.3, 0.4) is 0 Å². The van der Waals surface area contributed by atoms with Gasteiger partial charge in [0.2, 0.25) is 5.88 Å². The van der Waals surface area contributed by atoms with Crippen LogP contribution in [0.2, 0.25) is 15.1 Å². The third-order valence-electron chi connectivity index (χ3n) is 4.19. The minimum atomic E-state index is -4.89. The molecule has 2 heterocycles. The molecule has 174 valence electrons. The molecule has 0 saturated heterocycles. The fraction of sp³-hybridized carbons (Fsp3) is 0.222. The van der Waals surface area contributed by atoms with E-state index in [4.69, 9.17) is 54.4 Å². The molecule has 15 heteroatoms. The number of nitrogens with zero attached hydrogens (tertiary/aromatic N) is 2. The van der Waals surface area contributed by atoms with Crippen molar-refractivity contribution in [3.05, 3.63) is 61.4 Å². The van der Waals surface area contributed by atoms with Gasteiger partial charge in [-0.25, -0.2) is 9.55 Å². The number of phosphoric ester groups is 1. The molecule has 0 radical (unpaired) electrons. The van der Waals surface area contributed by atoms with Crippen LogP contribution in [0.1, 0.15) is 7.12 Å². The van der Waals surface area contributed by atoms with Crippen molar-refractivity contribution >= 4 is 53.5 Å². The molecule has 1 aromatic carbocycles. The maximum Gasteiger partial charge on any atom is 1.00 e. The van der Waals surface area contributed by atoms with Crippen molar-refractivity contribution in [3.8, 4) is 11.6 Å². The van der Waals surface area contributed by atoms with Gasteiger partial charge in [-0.1, -0.05) is 40.9 Å². The quantitative estimate of drug-likeness (QED) is 0.221. The predicted octanol–water partition coefficient (Wildman–Crippen LogP) is -0.196. The smallest absolute Gasteiger partial charge is 1.00 e. The molecule has 4 N–H and O–H groups in total. The molecule has 0 bridgehead atoms. The summed E-state index contributed by atoms with van der Waals surface area (Å²) in [6.45, 7) is -1.63. The van der Waals surface area contributed by atoms with Crippen molar-refractivity contribution in [2.45, 2.75) is 12.7 Å². The van der Waals surface area contributed by atoms with E-state index in [2.05, 4.69) is 9.51 Å². The fourth-order valence-corrected chi connectivity index (χ4v) is 3.98. The van der Waals surface area contributed by atoms with Gasteiger partial charge >= 0.3 is 37.4 Å². The molecule has 1 unspecified atom stereocenters. The summed E-state index contributed by atoms with van der Waals surface area (Å²) in [6.07, 6.45) is -0.0440. The number of hydrogen-bond acceptors (Lipinski definition) is 7. The average molecular weight is 550 g/mol. The third-order valence-corrected chi connectivity index (χ3v) is 5.54. The molecule has 0 amide bonds. The van der Waals surface area contributed by atoms with E-state index in [9.17, 15) is 14.5 Å². The monoisotopic (exact) mass is 548 g/mol. The van der Waals surface area contributed by atoms with E-state index >= 15 is 0 Å². The number of halogens is 3. The Bertz CT molecular complexity index is 1260. The molecule has 3 aromatic rings. The van der Waals surface area contributed by atoms with Crippen LogP contribution >= 0.6 is 42.6 Å². The first-order chi connectivity index (χ1) is 15.0. The molecule has 10 nitrogen and oxygen atoms in total. The van der Waals surface area contributed by atoms with E-state index in [1.54, 1.807) is 6.07 Å². The second-order valence-electron chi connectivity index (χ2n) is 6.45. The number of aliphatic hydroxyl groups is 2. The molecule has 0 aliphatic rings. The van der Waals surface area contributed by atoms with Crippen molar-refractivity contribution < 1.29 is 64.8 Å². The van der Waals surface area contributed by atoms with E-state index in [1.807, 2.05) is 0 Å². The standard InChI is InChI=1S/C18H16Cl3N2O8P.Na.H/c19-11-2-1-3-12(20)16(11)23-9(7-31-32(27,28)29)4-14(26)15-17(23)13(21)5-22-18(15)30-8-10(25)6-24;;/h1-5,10,24-25H,6-8H2,(H2,27,28,29);;/q;+1;-1. The van der Waals surface area contributed by atoms with Crippen LogP contribution in [0.4, 0.5) is 0 Å². The van der Waals surface area contributed by atoms with E-state index in [1.165, 1.54) is 22.9 Å². The Balaban J connectivity index is 0.00000289. The minimum absolute atomic E-state index is 0. The van der Waals surface area contributed by atoms with Crippen molar-refractivity contribution in [2.24, 2.45) is 0 Å². The summed E-state index contributed by atoms with van der Waals surface area (Å²) >= 11 is 19.1. The Labute approximate surface area is 225 Å². The molecule has 0 aliphatic heterocycles. The van der Waals surface area contributed by atoms with Gasteiger partial charge in [-0.05, 0) is 12.1 Å². The summed E-state index contributed by atoms with van der Waals surface area (Å²) in [5, 5.41) is 18.7. The Morgan fingerprint density at radius 3 is 2.39 bits per heavy atom. The van der Waals surface area contributed by atoms with Crippen LogP contribution in [-0.4, -0.2) is 48.9 Å². The summed E-state index contributed by atoms with van der Waals surface area (Å²) < 4.78 is 22.6. The van der Waals surface area contributed by atoms with Crippen molar-refractivity contribution in [2.75, 3.05) is 13.2 Å². The number of phosphoric acid groups is 1. The number of hydrogen-bond donors (Lipinski definition) is 4. The van der Waals surface area contributed by atoms with Gasteiger partial charge in [-0.2, -0.15) is 0 Å². The number of ether oxygens (including phenoxy) is 1. The Kier molecular flexibility index (Phi) is 10.2. The number of fused-ring (bicyclic) bond motifs is 1. The van der Waals surface area contributed by atoms with Gasteiger partial charge in [-0.15, -0.1) is 0 Å². The molecule has 0 aliphatic carbocycles. The van der Waals surface area contributed by atoms with Gasteiger partial charge in [0.05, 0.1) is 51.4 Å². The van der Waals surface area contributed by atoms with Gasteiger partial charge in [-0.3, -0.25) is 9.32 Å². The summed E-state index contributed by atoms with van der Waals surface area (Å²) in [5.41, 5.74) is -0.482. The van der Waals surface area contributed by atoms with Crippen LogP contribution in [0, 0.1) is 0 Å². The van der Waals surface area contributed by atoms with Gasteiger partial charge in [0.25, 0.3) is 0 Å². The Morgan fingerprint density at radius 2 is 1.82 bits per heavy atom. The number of benzene rings is 1. The molecule has 0 fully saturated rings. The zero-order chi connectivity index (χ0) is 23.6. The first kappa shape index (κ1) is 28.5. The summed E-state index contributed by atoms with van der Waals surface area (Å²) in [5.74, 6) is -0.193. The number of pyridine rings is 2. The fourth-order valence-electron chi connectivity index (χ4n) is 2.89. The third kappa shape index (κ3) is 6.70. The maximum atomic E-state index is 12.9. The maximum absolute atomic E-state index is 12.9. The van der Waals surface area contributed by atoms with Crippen LogP contribution < -0.4 is 39.7 Å². The van der Waals surface area contributed by atoms with Crippen molar-refractivity contribution in [1.82, 2.24) is 9.55 Å². The molecule has 1 atom stereocenters. The molecular weight excluding hydrogens is 533 g/mol. The van der Waals surface area contributed by atoms with E-state index in [-0.39, 0.29) is 80.8 Å². The topological polar surface area (TPSA) is 151 Å². The molecular formula is C18H17Cl3N2NaO8P. The summed E-state index contributed by atoms with van der Waals surface area (Å²) in [4.78, 5) is 35.2. The van der Waals surface area contributed by atoms with Gasteiger partial charge in [0.15, 0.2) is 5.43 Å². The Morgan fingerprint density at radius 1 is 1.18 bits per heavy atom. The van der Waals surface area contributed by atoms with Gasteiger partial charge in [0, 0.05) is 6.07 Å². The van der Waals surface area contributed by atoms with Crippen molar-refractivity contribution in [1.29, 1.82) is 0 Å². The average Bonchev–Trinajstić information content (AvgIpc) is 2.72.